The molecule has 92 valence electrons. The van der Waals surface area contributed by atoms with E-state index in [2.05, 4.69) is 6.58 Å². The van der Waals surface area contributed by atoms with Gasteiger partial charge in [0.15, 0.2) is 0 Å². The monoisotopic (exact) mass is 252 g/mol. The number of rotatable bonds is 4. The lowest BCUT2D eigenvalue weighted by atomic mass is 10.1. The van der Waals surface area contributed by atoms with Gasteiger partial charge in [-0.05, 0) is 5.56 Å². The molecule has 0 aliphatic carbocycles. The Bertz CT molecular complexity index is 511. The summed E-state index contributed by atoms with van der Waals surface area (Å²) in [6.45, 7) is 3.70. The van der Waals surface area contributed by atoms with Crippen LogP contribution in [-0.4, -0.2) is 37.2 Å². The third kappa shape index (κ3) is 2.01. The maximum atomic E-state index is 12.0. The quantitative estimate of drug-likeness (QED) is 0.600. The second-order valence-corrected chi connectivity index (χ2v) is 6.25. The molecule has 0 amide bonds. The van der Waals surface area contributed by atoms with E-state index in [1.54, 1.807) is 6.08 Å². The summed E-state index contributed by atoms with van der Waals surface area (Å²) in [5.74, 6) is 0. The summed E-state index contributed by atoms with van der Waals surface area (Å²) in [6, 6.07) is 9.37. The molecule has 3 atom stereocenters. The molecule has 4 nitrogen and oxygen atoms in total. The Morgan fingerprint density at radius 1 is 1.29 bits per heavy atom. The van der Waals surface area contributed by atoms with Gasteiger partial charge in [-0.3, -0.25) is 0 Å². The summed E-state index contributed by atoms with van der Waals surface area (Å²) in [4.78, 5) is 0. The fraction of sp³-hybridized carbons (Fsp3) is 0.333. The second kappa shape index (κ2) is 4.25. The maximum absolute atomic E-state index is 12.0. The smallest absolute Gasteiger partial charge is 0.195 e. The zero-order valence-corrected chi connectivity index (χ0v) is 10.8. The highest BCUT2D eigenvalue weighted by molar-refractivity contribution is 7.87. The molecule has 0 N–H and O–H groups in total. The van der Waals surface area contributed by atoms with Gasteiger partial charge in [0, 0.05) is 14.1 Å². The molecular weight excluding hydrogens is 236 g/mol. The van der Waals surface area contributed by atoms with Gasteiger partial charge >= 0.3 is 0 Å². The number of hydrogen-bond donors (Lipinski definition) is 0. The molecule has 2 rings (SSSR count). The fourth-order valence-electron chi connectivity index (χ4n) is 1.94. The average Bonchev–Trinajstić information content (AvgIpc) is 3.04. The van der Waals surface area contributed by atoms with Crippen LogP contribution in [0.2, 0.25) is 0 Å². The first kappa shape index (κ1) is 12.3. The van der Waals surface area contributed by atoms with Crippen molar-refractivity contribution in [3.05, 3.63) is 48.6 Å². The largest absolute Gasteiger partial charge is 0.282 e. The van der Waals surface area contributed by atoms with Crippen LogP contribution >= 0.6 is 0 Å². The van der Waals surface area contributed by atoms with Gasteiger partial charge in [0.2, 0.25) is 0 Å². The van der Waals surface area contributed by atoms with Crippen molar-refractivity contribution in [2.45, 2.75) is 12.1 Å². The van der Waals surface area contributed by atoms with E-state index in [1.165, 1.54) is 22.7 Å². The Labute approximate surface area is 102 Å². The van der Waals surface area contributed by atoms with E-state index >= 15 is 0 Å². The zero-order chi connectivity index (χ0) is 12.6. The molecule has 1 aliphatic rings. The molecule has 1 aromatic carbocycles. The summed E-state index contributed by atoms with van der Waals surface area (Å²) >= 11 is 0. The van der Waals surface area contributed by atoms with E-state index in [1.807, 2.05) is 30.3 Å². The van der Waals surface area contributed by atoms with Crippen molar-refractivity contribution in [1.82, 2.24) is 8.61 Å². The molecule has 1 saturated heterocycles. The second-order valence-electron chi connectivity index (χ2n) is 4.20. The molecule has 1 aliphatic heterocycles. The number of nitrogens with zero attached hydrogens (tertiary/aromatic N) is 2. The van der Waals surface area contributed by atoms with Crippen molar-refractivity contribution in [2.24, 2.45) is 0 Å². The molecule has 17 heavy (non-hydrogen) atoms. The van der Waals surface area contributed by atoms with Crippen LogP contribution in [0.1, 0.15) is 11.6 Å². The van der Waals surface area contributed by atoms with Crippen LogP contribution in [0.3, 0.4) is 0 Å². The SMILES string of the molecule is C=CC1C(c2ccccc2)N1S(=O)(=O)N(C)C. The van der Waals surface area contributed by atoms with Gasteiger partial charge in [0.05, 0.1) is 12.1 Å². The predicted octanol–water partition coefficient (Wildman–Crippen LogP) is 1.40. The Morgan fingerprint density at radius 2 is 1.88 bits per heavy atom. The molecule has 1 aromatic rings. The first-order valence-corrected chi connectivity index (χ1v) is 6.78. The van der Waals surface area contributed by atoms with E-state index < -0.39 is 10.2 Å². The first-order chi connectivity index (χ1) is 8.00. The minimum Gasteiger partial charge on any atom is -0.195 e. The minimum atomic E-state index is -3.37. The van der Waals surface area contributed by atoms with Crippen LogP contribution in [-0.2, 0) is 10.2 Å². The van der Waals surface area contributed by atoms with Crippen molar-refractivity contribution < 1.29 is 8.42 Å². The number of benzene rings is 1. The normalized spacial score (nSPS) is 28.1. The van der Waals surface area contributed by atoms with Crippen molar-refractivity contribution in [2.75, 3.05) is 14.1 Å². The summed E-state index contributed by atoms with van der Waals surface area (Å²) < 4.78 is 26.8. The maximum Gasteiger partial charge on any atom is 0.282 e. The first-order valence-electron chi connectivity index (χ1n) is 5.38. The summed E-state index contributed by atoms with van der Waals surface area (Å²) in [5.41, 5.74) is 1.00. The molecule has 0 radical (unpaired) electrons. The summed E-state index contributed by atoms with van der Waals surface area (Å²) in [5, 5.41) is 0. The highest BCUT2D eigenvalue weighted by atomic mass is 32.2. The predicted molar refractivity (Wildman–Crippen MR) is 67.6 cm³/mol. The van der Waals surface area contributed by atoms with Crippen molar-refractivity contribution in [3.63, 3.8) is 0 Å². The minimum absolute atomic E-state index is 0.110. The molecule has 3 unspecified atom stereocenters. The Morgan fingerprint density at radius 3 is 2.35 bits per heavy atom. The lowest BCUT2D eigenvalue weighted by Gasteiger charge is -2.12. The molecular formula is C12H16N2O2S. The van der Waals surface area contributed by atoms with Crippen molar-refractivity contribution >= 4 is 10.2 Å². The van der Waals surface area contributed by atoms with Crippen LogP contribution < -0.4 is 0 Å². The third-order valence-corrected chi connectivity index (χ3v) is 4.84. The standard InChI is InChI=1S/C12H16N2O2S/c1-4-11-12(10-8-6-5-7-9-10)14(11)17(15,16)13(2)3/h4-9,11-12H,1H2,2-3H3. The summed E-state index contributed by atoms with van der Waals surface area (Å²) in [7, 11) is -0.292. The molecule has 0 bridgehead atoms. The molecule has 0 aromatic heterocycles. The molecule has 0 saturated carbocycles. The Balaban J connectivity index is 2.31. The molecule has 0 spiro atoms. The Kier molecular flexibility index (Phi) is 3.07. The van der Waals surface area contributed by atoms with Gasteiger partial charge in [-0.1, -0.05) is 36.4 Å². The lowest BCUT2D eigenvalue weighted by Crippen LogP contribution is -2.29. The van der Waals surface area contributed by atoms with E-state index in [0.29, 0.717) is 0 Å². The van der Waals surface area contributed by atoms with Gasteiger partial charge < -0.3 is 0 Å². The van der Waals surface area contributed by atoms with Gasteiger partial charge in [-0.25, -0.2) is 0 Å². The summed E-state index contributed by atoms with van der Waals surface area (Å²) in [6.07, 6.45) is 1.68. The molecule has 1 fully saturated rings. The van der Waals surface area contributed by atoms with E-state index in [4.69, 9.17) is 0 Å². The van der Waals surface area contributed by atoms with E-state index in [0.717, 1.165) is 5.56 Å². The van der Waals surface area contributed by atoms with Crippen LogP contribution in [0.4, 0.5) is 0 Å². The zero-order valence-electron chi connectivity index (χ0n) is 9.95. The van der Waals surface area contributed by atoms with Gasteiger partial charge in [-0.15, -0.1) is 6.58 Å². The topological polar surface area (TPSA) is 40.4 Å². The number of hydrogen-bond acceptors (Lipinski definition) is 2. The van der Waals surface area contributed by atoms with Crippen LogP contribution in [0.5, 0.6) is 0 Å². The van der Waals surface area contributed by atoms with E-state index in [9.17, 15) is 8.42 Å². The van der Waals surface area contributed by atoms with Crippen molar-refractivity contribution in [1.29, 1.82) is 0 Å². The lowest BCUT2D eigenvalue weighted by molar-refractivity contribution is 0.476. The van der Waals surface area contributed by atoms with Crippen molar-refractivity contribution in [3.8, 4) is 0 Å². The van der Waals surface area contributed by atoms with Crippen LogP contribution in [0, 0.1) is 0 Å². The highest BCUT2D eigenvalue weighted by Crippen LogP contribution is 2.46. The molecule has 5 heteroatoms. The highest BCUT2D eigenvalue weighted by Gasteiger charge is 2.54. The van der Waals surface area contributed by atoms with Gasteiger partial charge in [0.1, 0.15) is 0 Å². The van der Waals surface area contributed by atoms with Crippen LogP contribution in [0.25, 0.3) is 0 Å². The fourth-order valence-corrected chi connectivity index (χ4v) is 3.31. The third-order valence-electron chi connectivity index (χ3n) is 2.91. The van der Waals surface area contributed by atoms with Crippen LogP contribution in [0.15, 0.2) is 43.0 Å². The Hall–Kier alpha value is -1.17. The molecule has 1 heterocycles. The van der Waals surface area contributed by atoms with Gasteiger partial charge in [0.25, 0.3) is 10.2 Å². The van der Waals surface area contributed by atoms with Gasteiger partial charge in [-0.2, -0.15) is 17.0 Å². The van der Waals surface area contributed by atoms with E-state index in [-0.39, 0.29) is 12.1 Å². The average molecular weight is 252 g/mol.